The number of carbonyl (C=O) groups excluding carboxylic acids is 1. The number of amides is 1. The van der Waals surface area contributed by atoms with Crippen molar-refractivity contribution in [3.05, 3.63) is 18.2 Å². The van der Waals surface area contributed by atoms with Crippen LogP contribution in [-0.2, 0) is 4.79 Å². The zero-order valence-corrected chi connectivity index (χ0v) is 15.2. The molecule has 25 heavy (non-hydrogen) atoms. The molecule has 1 aromatic carbocycles. The first-order valence-corrected chi connectivity index (χ1v) is 9.12. The third-order valence-electron chi connectivity index (χ3n) is 5.43. The average molecular weight is 347 g/mol. The summed E-state index contributed by atoms with van der Waals surface area (Å²) >= 11 is 0. The van der Waals surface area contributed by atoms with Gasteiger partial charge in [0.2, 0.25) is 5.91 Å². The maximum Gasteiger partial charge on any atom is 0.242 e. The van der Waals surface area contributed by atoms with Crippen LogP contribution in [0.2, 0.25) is 0 Å². The molecule has 0 aromatic heterocycles. The number of ether oxygens (including phenoxy) is 2. The quantitative estimate of drug-likeness (QED) is 0.855. The van der Waals surface area contributed by atoms with E-state index in [1.165, 1.54) is 0 Å². The van der Waals surface area contributed by atoms with Gasteiger partial charge in [0.1, 0.15) is 11.5 Å². The first-order chi connectivity index (χ1) is 12.0. The molecule has 138 valence electrons. The van der Waals surface area contributed by atoms with Crippen molar-refractivity contribution >= 4 is 11.6 Å². The van der Waals surface area contributed by atoms with E-state index >= 15 is 0 Å². The minimum Gasteiger partial charge on any atom is -0.497 e. The maximum absolute atomic E-state index is 12.7. The summed E-state index contributed by atoms with van der Waals surface area (Å²) in [5, 5.41) is 3.54. The number of benzene rings is 1. The van der Waals surface area contributed by atoms with E-state index in [0.717, 1.165) is 68.8 Å². The Bertz CT molecular complexity index is 584. The number of nitrogens with two attached hydrogens (primary N) is 1. The lowest BCUT2D eigenvalue weighted by Crippen LogP contribution is -2.56. The van der Waals surface area contributed by atoms with Crippen LogP contribution in [0.5, 0.6) is 11.5 Å². The molecule has 6 heteroatoms. The molecule has 0 unspecified atom stereocenters. The minimum absolute atomic E-state index is 0.145. The molecule has 0 spiro atoms. The molecule has 1 heterocycles. The average Bonchev–Trinajstić information content (AvgIpc) is 3.09. The van der Waals surface area contributed by atoms with E-state index in [9.17, 15) is 4.79 Å². The summed E-state index contributed by atoms with van der Waals surface area (Å²) in [6, 6.07) is 6.12. The second-order valence-corrected chi connectivity index (χ2v) is 7.18. The summed E-state index contributed by atoms with van der Waals surface area (Å²) in [7, 11) is 3.29. The second kappa shape index (κ2) is 7.52. The predicted molar refractivity (Wildman–Crippen MR) is 98.2 cm³/mol. The van der Waals surface area contributed by atoms with Crippen molar-refractivity contribution in [2.75, 3.05) is 32.6 Å². The maximum atomic E-state index is 12.7. The molecule has 0 atom stereocenters. The Morgan fingerprint density at radius 2 is 1.68 bits per heavy atom. The monoisotopic (exact) mass is 347 g/mol. The number of nitrogens with zero attached hydrogens (tertiary/aromatic N) is 1. The van der Waals surface area contributed by atoms with Crippen LogP contribution in [0.25, 0.3) is 0 Å². The fourth-order valence-corrected chi connectivity index (χ4v) is 3.89. The number of anilines is 1. The highest BCUT2D eigenvalue weighted by atomic mass is 16.5. The molecule has 6 nitrogen and oxygen atoms in total. The van der Waals surface area contributed by atoms with Gasteiger partial charge in [-0.25, -0.2) is 0 Å². The Balaban J connectivity index is 1.57. The Morgan fingerprint density at radius 3 is 2.20 bits per heavy atom. The van der Waals surface area contributed by atoms with E-state index in [4.69, 9.17) is 15.2 Å². The molecule has 1 saturated heterocycles. The molecule has 3 rings (SSSR count). The highest BCUT2D eigenvalue weighted by Crippen LogP contribution is 2.31. The summed E-state index contributed by atoms with van der Waals surface area (Å²) in [4.78, 5) is 14.7. The molecule has 0 bridgehead atoms. The van der Waals surface area contributed by atoms with E-state index in [1.54, 1.807) is 14.2 Å². The molecule has 1 aliphatic carbocycles. The van der Waals surface area contributed by atoms with Crippen molar-refractivity contribution in [2.24, 2.45) is 5.73 Å². The van der Waals surface area contributed by atoms with Crippen LogP contribution in [0.15, 0.2) is 18.2 Å². The van der Waals surface area contributed by atoms with Crippen LogP contribution in [0.4, 0.5) is 5.69 Å². The summed E-state index contributed by atoms with van der Waals surface area (Å²) in [6.45, 7) is 1.52. The molecule has 1 aromatic rings. The first kappa shape index (κ1) is 17.9. The van der Waals surface area contributed by atoms with Crippen molar-refractivity contribution in [3.63, 3.8) is 0 Å². The van der Waals surface area contributed by atoms with Crippen molar-refractivity contribution < 1.29 is 14.3 Å². The van der Waals surface area contributed by atoms with Crippen molar-refractivity contribution in [3.8, 4) is 11.5 Å². The zero-order valence-electron chi connectivity index (χ0n) is 15.2. The molecule has 3 N–H and O–H groups in total. The number of hydrogen-bond donors (Lipinski definition) is 2. The van der Waals surface area contributed by atoms with Crippen LogP contribution < -0.4 is 20.5 Å². The molecule has 1 saturated carbocycles. The molecule has 0 radical (unpaired) electrons. The van der Waals surface area contributed by atoms with Gasteiger partial charge in [-0.3, -0.25) is 4.79 Å². The molecule has 2 aliphatic rings. The Hall–Kier alpha value is -1.95. The van der Waals surface area contributed by atoms with Crippen molar-refractivity contribution in [1.82, 2.24) is 4.90 Å². The highest BCUT2D eigenvalue weighted by molar-refractivity contribution is 5.86. The number of carbonyl (C=O) groups is 1. The van der Waals surface area contributed by atoms with Crippen LogP contribution in [0.1, 0.15) is 38.5 Å². The van der Waals surface area contributed by atoms with E-state index in [-0.39, 0.29) is 5.91 Å². The van der Waals surface area contributed by atoms with Gasteiger partial charge in [-0.15, -0.1) is 0 Å². The lowest BCUT2D eigenvalue weighted by atomic mass is 9.95. The highest BCUT2D eigenvalue weighted by Gasteiger charge is 2.40. The van der Waals surface area contributed by atoms with E-state index < -0.39 is 5.54 Å². The van der Waals surface area contributed by atoms with Gasteiger partial charge >= 0.3 is 0 Å². The summed E-state index contributed by atoms with van der Waals surface area (Å²) in [5.41, 5.74) is 6.69. The summed E-state index contributed by atoms with van der Waals surface area (Å²) < 4.78 is 10.6. The molecular weight excluding hydrogens is 318 g/mol. The number of likely N-dealkylation sites (tertiary alicyclic amines) is 1. The summed E-state index contributed by atoms with van der Waals surface area (Å²) in [6.07, 6.45) is 5.62. The smallest absolute Gasteiger partial charge is 0.242 e. The second-order valence-electron chi connectivity index (χ2n) is 7.18. The van der Waals surface area contributed by atoms with Gasteiger partial charge < -0.3 is 25.4 Å². The summed E-state index contributed by atoms with van der Waals surface area (Å²) in [5.74, 6) is 1.67. The Labute approximate surface area is 149 Å². The Kier molecular flexibility index (Phi) is 5.37. The van der Waals surface area contributed by atoms with Crippen LogP contribution in [0, 0.1) is 0 Å². The topological polar surface area (TPSA) is 76.8 Å². The number of piperidine rings is 1. The third kappa shape index (κ3) is 4.00. The first-order valence-electron chi connectivity index (χ1n) is 9.12. The number of rotatable bonds is 5. The van der Waals surface area contributed by atoms with Gasteiger partial charge in [0.25, 0.3) is 0 Å². The van der Waals surface area contributed by atoms with Gasteiger partial charge in [-0.2, -0.15) is 0 Å². The molecule has 2 fully saturated rings. The predicted octanol–water partition coefficient (Wildman–Crippen LogP) is 2.38. The minimum atomic E-state index is -0.611. The largest absolute Gasteiger partial charge is 0.497 e. The number of methoxy groups -OCH3 is 2. The fourth-order valence-electron chi connectivity index (χ4n) is 3.89. The van der Waals surface area contributed by atoms with Crippen LogP contribution >= 0.6 is 0 Å². The van der Waals surface area contributed by atoms with Gasteiger partial charge in [0, 0.05) is 43.0 Å². The zero-order chi connectivity index (χ0) is 17.9. The van der Waals surface area contributed by atoms with Gasteiger partial charge in [-0.1, -0.05) is 12.8 Å². The third-order valence-corrected chi connectivity index (χ3v) is 5.43. The molecular formula is C19H29N3O3. The number of hydrogen-bond acceptors (Lipinski definition) is 5. The van der Waals surface area contributed by atoms with Gasteiger partial charge in [0.15, 0.2) is 0 Å². The van der Waals surface area contributed by atoms with Crippen LogP contribution in [-0.4, -0.2) is 49.7 Å². The van der Waals surface area contributed by atoms with Crippen molar-refractivity contribution in [1.29, 1.82) is 0 Å². The Morgan fingerprint density at radius 1 is 1.12 bits per heavy atom. The molecule has 1 amide bonds. The fraction of sp³-hybridized carbons (Fsp3) is 0.632. The normalized spacial score (nSPS) is 20.4. The van der Waals surface area contributed by atoms with Crippen LogP contribution in [0.3, 0.4) is 0 Å². The SMILES string of the molecule is COc1cc(NC2CCN(C(=O)C3(N)CCCC3)CC2)cc(OC)c1. The molecule has 1 aliphatic heterocycles. The van der Waals surface area contributed by atoms with E-state index in [2.05, 4.69) is 5.32 Å². The number of nitrogens with one attached hydrogen (secondary N) is 1. The lowest BCUT2D eigenvalue weighted by molar-refractivity contribution is -0.137. The van der Waals surface area contributed by atoms with Crippen molar-refractivity contribution in [2.45, 2.75) is 50.1 Å². The van der Waals surface area contributed by atoms with Gasteiger partial charge in [-0.05, 0) is 25.7 Å². The standard InChI is InChI=1S/C19H29N3O3/c1-24-16-11-15(12-17(13-16)25-2)21-14-5-9-22(10-6-14)18(23)19(20)7-3-4-8-19/h11-14,21H,3-10,20H2,1-2H3. The van der Waals surface area contributed by atoms with E-state index in [1.807, 2.05) is 23.1 Å². The lowest BCUT2D eigenvalue weighted by Gasteiger charge is -2.37. The van der Waals surface area contributed by atoms with Gasteiger partial charge in [0.05, 0.1) is 19.8 Å². The van der Waals surface area contributed by atoms with E-state index in [0.29, 0.717) is 6.04 Å².